The van der Waals surface area contributed by atoms with Crippen LogP contribution in [-0.4, -0.2) is 66.5 Å². The molecule has 0 aromatic rings. The van der Waals surface area contributed by atoms with Crippen LogP contribution in [0.5, 0.6) is 0 Å². The number of hydrogen-bond donors (Lipinski definition) is 2. The minimum absolute atomic E-state index is 0.145. The van der Waals surface area contributed by atoms with Crippen LogP contribution in [-0.2, 0) is 42.2 Å². The Hall–Kier alpha value is -3.34. The van der Waals surface area contributed by atoms with E-state index in [0.717, 1.165) is 148 Å². The minimum Gasteiger partial charge on any atom is -0.462 e. The van der Waals surface area contributed by atoms with Crippen LogP contribution in [0.4, 0.5) is 0 Å². The topological polar surface area (TPSA) is 155 Å². The standard InChI is InChI=1S/C64H111O11P/c1-4-7-10-13-16-19-22-25-28-29-30-31-34-35-38-41-44-47-50-53-62(66)71-57-61(75-64(68)55-52-49-46-43-40-37-33-27-24-21-18-15-12-9-6-3)59-73-76(69,70)72-58-60(56-65)74-63(67)54-51-48-45-42-39-36-32-26-23-20-17-14-11-8-5-2/h7,10,16,18-19,21,25-28,30-33,60-61,65H,4-6,8-9,11-15,17,20,22-24,29,34-59H2,1-3H3,(H,69,70)/b10-7-,19-16-,21-18-,28-25-,31-30-,32-26-,33-27-. The number of rotatable bonds is 56. The predicted molar refractivity (Wildman–Crippen MR) is 316 cm³/mol. The van der Waals surface area contributed by atoms with Gasteiger partial charge in [0.1, 0.15) is 12.7 Å². The van der Waals surface area contributed by atoms with Crippen LogP contribution in [0.25, 0.3) is 0 Å². The van der Waals surface area contributed by atoms with E-state index in [1.165, 1.54) is 57.8 Å². The Morgan fingerprint density at radius 1 is 0.382 bits per heavy atom. The summed E-state index contributed by atoms with van der Waals surface area (Å²) in [5.41, 5.74) is 0. The van der Waals surface area contributed by atoms with Gasteiger partial charge in [-0.3, -0.25) is 23.4 Å². The van der Waals surface area contributed by atoms with Crippen molar-refractivity contribution in [1.29, 1.82) is 0 Å². The molecule has 0 fully saturated rings. The SMILES string of the molecule is CC/C=C\C/C=C\C/C=C\C/C=C\CCCCCCCCC(=O)OCC(COP(=O)(O)OCC(CO)OC(=O)CCCCCCC/C=C\CCCCCCCC)OC(=O)CCCCCCC/C=C\C/C=C\CCCCC. The van der Waals surface area contributed by atoms with Crippen molar-refractivity contribution in [2.75, 3.05) is 26.4 Å². The van der Waals surface area contributed by atoms with E-state index in [9.17, 15) is 28.9 Å². The number of carbonyl (C=O) groups is 3. The van der Waals surface area contributed by atoms with Gasteiger partial charge in [-0.2, -0.15) is 0 Å². The first-order valence-corrected chi connectivity index (χ1v) is 32.0. The second kappa shape index (κ2) is 57.8. The lowest BCUT2D eigenvalue weighted by molar-refractivity contribution is -0.161. The van der Waals surface area contributed by atoms with Gasteiger partial charge in [0.2, 0.25) is 0 Å². The van der Waals surface area contributed by atoms with Gasteiger partial charge in [-0.05, 0) is 116 Å². The van der Waals surface area contributed by atoms with Crippen molar-refractivity contribution < 1.29 is 52.2 Å². The first-order valence-electron chi connectivity index (χ1n) is 30.5. The molecule has 0 heterocycles. The third-order valence-electron chi connectivity index (χ3n) is 12.8. The zero-order valence-electron chi connectivity index (χ0n) is 48.5. The smallest absolute Gasteiger partial charge is 0.462 e. The second-order valence-corrected chi connectivity index (χ2v) is 21.6. The van der Waals surface area contributed by atoms with Gasteiger partial charge in [0.25, 0.3) is 0 Å². The first kappa shape index (κ1) is 72.7. The molecular weight excluding hydrogens is 976 g/mol. The molecule has 3 atom stereocenters. The largest absolute Gasteiger partial charge is 0.472 e. The van der Waals surface area contributed by atoms with Crippen LogP contribution in [0.15, 0.2) is 85.1 Å². The lowest BCUT2D eigenvalue weighted by atomic mass is 10.1. The summed E-state index contributed by atoms with van der Waals surface area (Å²) in [6.07, 6.45) is 66.7. The molecular formula is C64H111O11P. The zero-order valence-corrected chi connectivity index (χ0v) is 49.3. The molecule has 0 spiro atoms. The highest BCUT2D eigenvalue weighted by Gasteiger charge is 2.28. The van der Waals surface area contributed by atoms with Gasteiger partial charge in [-0.1, -0.05) is 215 Å². The number of aliphatic hydroxyl groups is 1. The summed E-state index contributed by atoms with van der Waals surface area (Å²) in [6.45, 7) is 4.48. The Morgan fingerprint density at radius 3 is 1.09 bits per heavy atom. The van der Waals surface area contributed by atoms with Gasteiger partial charge in [0.15, 0.2) is 6.10 Å². The highest BCUT2D eigenvalue weighted by atomic mass is 31.2. The molecule has 0 bridgehead atoms. The van der Waals surface area contributed by atoms with E-state index >= 15 is 0 Å². The first-order chi connectivity index (χ1) is 37.2. The van der Waals surface area contributed by atoms with Crippen molar-refractivity contribution in [2.24, 2.45) is 0 Å². The van der Waals surface area contributed by atoms with E-state index in [1.54, 1.807) is 0 Å². The van der Waals surface area contributed by atoms with Crippen molar-refractivity contribution >= 4 is 25.7 Å². The molecule has 0 aromatic carbocycles. The maximum absolute atomic E-state index is 12.9. The number of aliphatic hydroxyl groups excluding tert-OH is 1. The van der Waals surface area contributed by atoms with Gasteiger partial charge in [0.05, 0.1) is 19.8 Å². The molecule has 0 aliphatic rings. The summed E-state index contributed by atoms with van der Waals surface area (Å²) in [5.74, 6) is -1.50. The zero-order chi connectivity index (χ0) is 55.5. The third-order valence-corrected chi connectivity index (χ3v) is 13.7. The van der Waals surface area contributed by atoms with Crippen LogP contribution in [0.2, 0.25) is 0 Å². The maximum Gasteiger partial charge on any atom is 0.472 e. The second-order valence-electron chi connectivity index (χ2n) is 20.1. The molecule has 0 amide bonds. The summed E-state index contributed by atoms with van der Waals surface area (Å²) in [7, 11) is -4.76. The van der Waals surface area contributed by atoms with Gasteiger partial charge >= 0.3 is 25.7 Å². The summed E-state index contributed by atoms with van der Waals surface area (Å²) in [4.78, 5) is 48.6. The molecule has 76 heavy (non-hydrogen) atoms. The molecule has 438 valence electrons. The van der Waals surface area contributed by atoms with Crippen LogP contribution < -0.4 is 0 Å². The molecule has 0 radical (unpaired) electrons. The molecule has 0 aromatic heterocycles. The van der Waals surface area contributed by atoms with Gasteiger partial charge in [-0.15, -0.1) is 0 Å². The van der Waals surface area contributed by atoms with Crippen molar-refractivity contribution in [3.8, 4) is 0 Å². The molecule has 3 unspecified atom stereocenters. The molecule has 2 N–H and O–H groups in total. The summed E-state index contributed by atoms with van der Waals surface area (Å²) >= 11 is 0. The number of ether oxygens (including phenoxy) is 3. The number of phosphoric ester groups is 1. The molecule has 0 saturated heterocycles. The van der Waals surface area contributed by atoms with Crippen LogP contribution in [0.3, 0.4) is 0 Å². The Morgan fingerprint density at radius 2 is 0.684 bits per heavy atom. The lowest BCUT2D eigenvalue weighted by Gasteiger charge is -2.21. The average molecular weight is 1090 g/mol. The van der Waals surface area contributed by atoms with E-state index in [1.807, 2.05) is 0 Å². The molecule has 11 nitrogen and oxygen atoms in total. The average Bonchev–Trinajstić information content (AvgIpc) is 3.41. The number of esters is 3. The Kier molecular flexibility index (Phi) is 55.3. The lowest BCUT2D eigenvalue weighted by Crippen LogP contribution is -2.30. The fourth-order valence-electron chi connectivity index (χ4n) is 8.14. The van der Waals surface area contributed by atoms with Crippen LogP contribution in [0.1, 0.15) is 265 Å². The van der Waals surface area contributed by atoms with Crippen LogP contribution in [0, 0.1) is 0 Å². The fraction of sp³-hybridized carbons (Fsp3) is 0.734. The van der Waals surface area contributed by atoms with Crippen molar-refractivity contribution in [3.63, 3.8) is 0 Å². The van der Waals surface area contributed by atoms with E-state index in [4.69, 9.17) is 23.3 Å². The van der Waals surface area contributed by atoms with Gasteiger partial charge < -0.3 is 24.2 Å². The maximum atomic E-state index is 12.9. The summed E-state index contributed by atoms with van der Waals surface area (Å²) in [5, 5.41) is 9.83. The number of unbranched alkanes of at least 4 members (excludes halogenated alkanes) is 25. The monoisotopic (exact) mass is 1090 g/mol. The number of phosphoric acid groups is 1. The third kappa shape index (κ3) is 55.4. The molecule has 0 rings (SSSR count). The molecule has 12 heteroatoms. The Labute approximate surface area is 464 Å². The highest BCUT2D eigenvalue weighted by molar-refractivity contribution is 7.47. The van der Waals surface area contributed by atoms with E-state index in [-0.39, 0.29) is 25.9 Å². The van der Waals surface area contributed by atoms with Crippen molar-refractivity contribution in [2.45, 2.75) is 277 Å². The number of carbonyl (C=O) groups excluding carboxylic acids is 3. The number of allylic oxidation sites excluding steroid dienone is 14. The van der Waals surface area contributed by atoms with Crippen LogP contribution >= 0.6 is 7.82 Å². The molecule has 0 aliphatic heterocycles. The fourth-order valence-corrected chi connectivity index (χ4v) is 8.92. The minimum atomic E-state index is -4.76. The van der Waals surface area contributed by atoms with E-state index in [2.05, 4.69) is 106 Å². The van der Waals surface area contributed by atoms with Crippen molar-refractivity contribution in [3.05, 3.63) is 85.1 Å². The Balaban J connectivity index is 4.75. The summed E-state index contributed by atoms with van der Waals surface area (Å²) in [6, 6.07) is 0. The predicted octanol–water partition coefficient (Wildman–Crippen LogP) is 18.3. The molecule has 0 saturated carbocycles. The molecule has 0 aliphatic carbocycles. The van der Waals surface area contributed by atoms with E-state index < -0.39 is 57.8 Å². The normalized spacial score (nSPS) is 13.9. The van der Waals surface area contributed by atoms with Gasteiger partial charge in [-0.25, -0.2) is 4.57 Å². The summed E-state index contributed by atoms with van der Waals surface area (Å²) < 4.78 is 39.6. The number of hydrogen-bond acceptors (Lipinski definition) is 10. The van der Waals surface area contributed by atoms with Crippen molar-refractivity contribution in [1.82, 2.24) is 0 Å². The van der Waals surface area contributed by atoms with Gasteiger partial charge in [0, 0.05) is 19.3 Å². The quantitative estimate of drug-likeness (QED) is 0.0197. The Bertz CT molecular complexity index is 1600. The van der Waals surface area contributed by atoms with E-state index in [0.29, 0.717) is 19.3 Å². The highest BCUT2D eigenvalue weighted by Crippen LogP contribution is 2.43.